The Labute approximate surface area is 83.2 Å². The first kappa shape index (κ1) is 11.0. The predicted molar refractivity (Wildman–Crippen MR) is 60.9 cm³/mol. The van der Waals surface area contributed by atoms with Crippen molar-refractivity contribution in [3.8, 4) is 0 Å². The lowest BCUT2D eigenvalue weighted by Gasteiger charge is -2.26. The van der Waals surface area contributed by atoms with Gasteiger partial charge in [0.15, 0.2) is 0 Å². The summed E-state index contributed by atoms with van der Waals surface area (Å²) >= 11 is 0. The number of hydrogen-bond donors (Lipinski definition) is 0. The van der Waals surface area contributed by atoms with Crippen LogP contribution in [0.15, 0.2) is 11.6 Å². The van der Waals surface area contributed by atoms with Gasteiger partial charge in [-0.1, -0.05) is 31.3 Å². The van der Waals surface area contributed by atoms with Gasteiger partial charge in [0.1, 0.15) is 0 Å². The molecule has 1 heterocycles. The highest BCUT2D eigenvalue weighted by Gasteiger charge is 2.32. The molecule has 13 heavy (non-hydrogen) atoms. The van der Waals surface area contributed by atoms with Gasteiger partial charge in [-0.25, -0.2) is 0 Å². The molecule has 0 bridgehead atoms. The van der Waals surface area contributed by atoms with Crippen LogP contribution in [0.4, 0.5) is 0 Å². The van der Waals surface area contributed by atoms with Crippen LogP contribution in [-0.2, 0) is 4.74 Å². The minimum absolute atomic E-state index is 0.576. The van der Waals surface area contributed by atoms with Gasteiger partial charge in [-0.15, -0.1) is 0 Å². The van der Waals surface area contributed by atoms with Crippen molar-refractivity contribution < 1.29 is 4.74 Å². The van der Waals surface area contributed by atoms with Crippen LogP contribution in [0.25, 0.3) is 0 Å². The van der Waals surface area contributed by atoms with Gasteiger partial charge in [-0.05, 0) is 25.8 Å². The summed E-state index contributed by atoms with van der Waals surface area (Å²) in [6, 6.07) is 0. The van der Waals surface area contributed by atoms with E-state index in [-0.39, 0.29) is 0 Å². The Bertz CT molecular complexity index is 195. The lowest BCUT2D eigenvalue weighted by molar-refractivity contribution is 0.396. The molecule has 1 aliphatic rings. The average Bonchev–Trinajstić information content (AvgIpc) is 2.66. The van der Waals surface area contributed by atoms with Gasteiger partial charge in [0, 0.05) is 0 Å². The van der Waals surface area contributed by atoms with Crippen LogP contribution in [0.5, 0.6) is 0 Å². The largest absolute Gasteiger partial charge is 0.373 e. The van der Waals surface area contributed by atoms with Crippen LogP contribution in [-0.4, -0.2) is 20.8 Å². The fourth-order valence-electron chi connectivity index (χ4n) is 1.56. The molecule has 2 atom stereocenters. The van der Waals surface area contributed by atoms with Gasteiger partial charge < -0.3 is 4.74 Å². The molecule has 2 heteroatoms. The van der Waals surface area contributed by atoms with E-state index in [9.17, 15) is 0 Å². The molecule has 1 aliphatic heterocycles. The van der Waals surface area contributed by atoms with Crippen molar-refractivity contribution in [1.82, 2.24) is 0 Å². The zero-order valence-electron chi connectivity index (χ0n) is 9.55. The Balaban J connectivity index is 2.57. The molecule has 0 aromatic carbocycles. The van der Waals surface area contributed by atoms with Crippen LogP contribution in [0.1, 0.15) is 20.3 Å². The molecule has 0 radical (unpaired) electrons. The summed E-state index contributed by atoms with van der Waals surface area (Å²) in [6.07, 6.45) is 4.28. The van der Waals surface area contributed by atoms with Crippen LogP contribution in [0, 0.1) is 0 Å². The highest BCUT2D eigenvalue weighted by molar-refractivity contribution is 6.78. The van der Waals surface area contributed by atoms with Crippen molar-refractivity contribution in [3.05, 3.63) is 11.6 Å². The van der Waals surface area contributed by atoms with Crippen LogP contribution >= 0.6 is 0 Å². The molecule has 1 nitrogen and oxygen atoms in total. The van der Waals surface area contributed by atoms with Crippen molar-refractivity contribution in [2.45, 2.75) is 51.6 Å². The summed E-state index contributed by atoms with van der Waals surface area (Å²) in [5.41, 5.74) is 2.25. The number of ether oxygens (including phenoxy) is 1. The summed E-state index contributed by atoms with van der Waals surface area (Å²) in [5, 5.41) is 0. The maximum absolute atomic E-state index is 5.31. The summed E-state index contributed by atoms with van der Waals surface area (Å²) in [7, 11) is -1.03. The zero-order chi connectivity index (χ0) is 10.1. The van der Waals surface area contributed by atoms with E-state index in [0.717, 1.165) is 12.1 Å². The van der Waals surface area contributed by atoms with Gasteiger partial charge in [-0.3, -0.25) is 0 Å². The monoisotopic (exact) mass is 198 g/mol. The van der Waals surface area contributed by atoms with E-state index >= 15 is 0 Å². The van der Waals surface area contributed by atoms with Crippen molar-refractivity contribution in [2.24, 2.45) is 0 Å². The lowest BCUT2D eigenvalue weighted by Crippen LogP contribution is -2.28. The fourth-order valence-corrected chi connectivity index (χ4v) is 3.36. The lowest BCUT2D eigenvalue weighted by atomic mass is 10.2. The topological polar surface area (TPSA) is 12.5 Å². The van der Waals surface area contributed by atoms with Crippen molar-refractivity contribution in [1.29, 1.82) is 0 Å². The van der Waals surface area contributed by atoms with E-state index in [1.807, 2.05) is 0 Å². The average molecular weight is 198 g/mol. The molecule has 76 valence electrons. The van der Waals surface area contributed by atoms with E-state index in [0.29, 0.717) is 6.10 Å². The van der Waals surface area contributed by atoms with E-state index in [2.05, 4.69) is 39.6 Å². The number of hydrogen-bond acceptors (Lipinski definition) is 1. The van der Waals surface area contributed by atoms with Crippen molar-refractivity contribution in [2.75, 3.05) is 6.61 Å². The van der Waals surface area contributed by atoms with E-state index in [1.54, 1.807) is 0 Å². The van der Waals surface area contributed by atoms with Gasteiger partial charge in [-0.2, -0.15) is 0 Å². The third-order valence-electron chi connectivity index (χ3n) is 2.57. The highest BCUT2D eigenvalue weighted by Crippen LogP contribution is 2.33. The zero-order valence-corrected chi connectivity index (χ0v) is 10.6. The van der Waals surface area contributed by atoms with Gasteiger partial charge in [0.25, 0.3) is 0 Å². The molecule has 0 spiro atoms. The maximum Gasteiger partial charge on any atom is 0.0812 e. The number of rotatable bonds is 4. The van der Waals surface area contributed by atoms with Crippen molar-refractivity contribution >= 4 is 8.07 Å². The molecule has 2 unspecified atom stereocenters. The normalized spacial score (nSPS) is 23.9. The standard InChI is InChI=1S/C11H22OSi/c1-9(2)6-11(13(3,4)5)7-10-8-12-10/h6,10-11H,7-8H2,1-5H3. The Hall–Kier alpha value is -0.0831. The van der Waals surface area contributed by atoms with Gasteiger partial charge in [0.2, 0.25) is 0 Å². The van der Waals surface area contributed by atoms with E-state index in [1.165, 1.54) is 12.0 Å². The van der Waals surface area contributed by atoms with Crippen LogP contribution in [0.3, 0.4) is 0 Å². The first-order valence-corrected chi connectivity index (χ1v) is 8.74. The van der Waals surface area contributed by atoms with Crippen LogP contribution in [0.2, 0.25) is 25.2 Å². The highest BCUT2D eigenvalue weighted by atomic mass is 28.3. The molecular formula is C11H22OSi. The first-order chi connectivity index (χ1) is 5.89. The maximum atomic E-state index is 5.31. The number of allylic oxidation sites excluding steroid dienone is 2. The van der Waals surface area contributed by atoms with E-state index < -0.39 is 8.07 Å². The molecule has 0 aromatic heterocycles. The Morgan fingerprint density at radius 3 is 2.31 bits per heavy atom. The minimum Gasteiger partial charge on any atom is -0.373 e. The first-order valence-electron chi connectivity index (χ1n) is 5.16. The Morgan fingerprint density at radius 2 is 2.00 bits per heavy atom. The third-order valence-corrected chi connectivity index (χ3v) is 5.19. The molecule has 1 fully saturated rings. The van der Waals surface area contributed by atoms with E-state index in [4.69, 9.17) is 4.74 Å². The fraction of sp³-hybridized carbons (Fsp3) is 0.818. The summed E-state index contributed by atoms with van der Waals surface area (Å²) < 4.78 is 5.31. The van der Waals surface area contributed by atoms with Crippen LogP contribution < -0.4 is 0 Å². The summed E-state index contributed by atoms with van der Waals surface area (Å²) in [6.45, 7) is 12.7. The number of epoxide rings is 1. The minimum atomic E-state index is -1.03. The predicted octanol–water partition coefficient (Wildman–Crippen LogP) is 3.45. The second-order valence-electron chi connectivity index (χ2n) is 5.41. The molecule has 0 N–H and O–H groups in total. The Morgan fingerprint density at radius 1 is 1.46 bits per heavy atom. The molecule has 1 rings (SSSR count). The van der Waals surface area contributed by atoms with Crippen molar-refractivity contribution in [3.63, 3.8) is 0 Å². The SMILES string of the molecule is CC(C)=CC(CC1CO1)[Si](C)(C)C. The summed E-state index contributed by atoms with van der Waals surface area (Å²) in [4.78, 5) is 0. The summed E-state index contributed by atoms with van der Waals surface area (Å²) in [5.74, 6) is 0. The molecule has 0 saturated carbocycles. The molecule has 0 aromatic rings. The smallest absolute Gasteiger partial charge is 0.0812 e. The second-order valence-corrected chi connectivity index (χ2v) is 10.9. The quantitative estimate of drug-likeness (QED) is 0.383. The Kier molecular flexibility index (Phi) is 3.36. The van der Waals surface area contributed by atoms with Gasteiger partial charge in [0.05, 0.1) is 20.8 Å². The second kappa shape index (κ2) is 3.97. The molecule has 1 saturated heterocycles. The molecule has 0 amide bonds. The third kappa shape index (κ3) is 4.10. The molecule has 0 aliphatic carbocycles. The van der Waals surface area contributed by atoms with Gasteiger partial charge >= 0.3 is 0 Å². The molecular weight excluding hydrogens is 176 g/mol.